The van der Waals surface area contributed by atoms with Crippen LogP contribution in [0.1, 0.15) is 33.4 Å². The molecule has 0 spiro atoms. The van der Waals surface area contributed by atoms with Crippen molar-refractivity contribution < 1.29 is 18.9 Å². The lowest BCUT2D eigenvalue weighted by atomic mass is 9.95. The second-order valence-electron chi connectivity index (χ2n) is 9.40. The maximum atomic E-state index is 9.59. The molecule has 44 heavy (non-hydrogen) atoms. The first-order chi connectivity index (χ1) is 21.4. The lowest BCUT2D eigenvalue weighted by Crippen LogP contribution is -2.00. The zero-order valence-electron chi connectivity index (χ0n) is 24.2. The summed E-state index contributed by atoms with van der Waals surface area (Å²) in [5.41, 5.74) is 3.70. The van der Waals surface area contributed by atoms with Gasteiger partial charge in [-0.15, -0.1) is 13.2 Å². The van der Waals surface area contributed by atoms with Gasteiger partial charge < -0.3 is 18.9 Å². The normalized spacial score (nSPS) is 9.86. The smallest absolute Gasteiger partial charge is 0.177 e. The minimum Gasteiger partial charge on any atom is -0.493 e. The maximum Gasteiger partial charge on any atom is 0.177 e. The fraction of sp³-hybridized carbons (Fsp3) is 0.111. The molecule has 0 aromatic heterocycles. The van der Waals surface area contributed by atoms with Crippen molar-refractivity contribution in [3.8, 4) is 69.9 Å². The van der Waals surface area contributed by atoms with Gasteiger partial charge in [-0.25, -0.2) is 0 Å². The summed E-state index contributed by atoms with van der Waals surface area (Å²) in [6, 6.07) is 24.8. The Morgan fingerprint density at radius 2 is 0.955 bits per heavy atom. The van der Waals surface area contributed by atoms with E-state index in [1.165, 1.54) is 38.5 Å². The van der Waals surface area contributed by atoms with Gasteiger partial charge in [-0.1, -0.05) is 12.2 Å². The molecule has 214 valence electrons. The first kappa shape index (κ1) is 30.5. The third kappa shape index (κ3) is 6.37. The fourth-order valence-electron chi connectivity index (χ4n) is 4.59. The van der Waals surface area contributed by atoms with Crippen molar-refractivity contribution >= 4 is 0 Å². The minimum absolute atomic E-state index is 0.168. The molecule has 0 aliphatic rings. The zero-order chi connectivity index (χ0) is 31.6. The van der Waals surface area contributed by atoms with E-state index >= 15 is 0 Å². The van der Waals surface area contributed by atoms with Crippen molar-refractivity contribution in [3.05, 3.63) is 119 Å². The van der Waals surface area contributed by atoms with E-state index in [1.54, 1.807) is 24.3 Å². The fourth-order valence-corrected chi connectivity index (χ4v) is 4.59. The van der Waals surface area contributed by atoms with E-state index in [-0.39, 0.29) is 22.3 Å². The lowest BCUT2D eigenvalue weighted by Gasteiger charge is -2.21. The molecule has 0 aliphatic carbocycles. The minimum atomic E-state index is 0.168. The van der Waals surface area contributed by atoms with Gasteiger partial charge in [-0.3, -0.25) is 0 Å². The second-order valence-corrected chi connectivity index (χ2v) is 9.40. The highest BCUT2D eigenvalue weighted by atomic mass is 16.5. The monoisotopic (exact) mass is 578 g/mol. The van der Waals surface area contributed by atoms with E-state index in [1.807, 2.05) is 48.5 Å². The van der Waals surface area contributed by atoms with Gasteiger partial charge in [0.2, 0.25) is 0 Å². The Labute approximate surface area is 256 Å². The summed E-state index contributed by atoms with van der Waals surface area (Å²) in [7, 11) is 3.05. The molecule has 4 aromatic carbocycles. The number of ether oxygens (including phenoxy) is 4. The first-order valence-electron chi connectivity index (χ1n) is 13.3. The van der Waals surface area contributed by atoms with Gasteiger partial charge in [0.05, 0.1) is 36.5 Å². The number of benzene rings is 4. The van der Waals surface area contributed by atoms with Gasteiger partial charge >= 0.3 is 0 Å². The molecular formula is C36H26N4O4. The number of allylic oxidation sites excluding steroid dienone is 2. The molecule has 0 aliphatic heterocycles. The van der Waals surface area contributed by atoms with Crippen LogP contribution in [-0.2, 0) is 12.8 Å². The maximum absolute atomic E-state index is 9.59. The van der Waals surface area contributed by atoms with E-state index in [9.17, 15) is 21.0 Å². The van der Waals surface area contributed by atoms with Gasteiger partial charge in [-0.2, -0.15) is 21.0 Å². The lowest BCUT2D eigenvalue weighted by molar-refractivity contribution is 0.376. The summed E-state index contributed by atoms with van der Waals surface area (Å²) in [4.78, 5) is 0. The molecule has 0 bridgehead atoms. The number of methoxy groups -OCH3 is 2. The zero-order valence-corrected chi connectivity index (χ0v) is 24.2. The summed E-state index contributed by atoms with van der Waals surface area (Å²) < 4.78 is 24.4. The Morgan fingerprint density at radius 1 is 0.568 bits per heavy atom. The summed E-state index contributed by atoms with van der Waals surface area (Å²) in [5, 5.41) is 37.9. The Kier molecular flexibility index (Phi) is 9.65. The molecule has 0 unspecified atom stereocenters. The van der Waals surface area contributed by atoms with Gasteiger partial charge in [0.15, 0.2) is 23.0 Å². The standard InChI is InChI=1S/C36H26N4O4/c1-5-7-23-13-31(35(33(15-23)41-3)43-29-11-9-25(19-37)27(17-29)21-39)32-14-24(8-6-2)16-34(42-4)36(32)44-30-12-10-26(20-38)28(18-30)22-40/h5-6,9-18H,1-2,7-8H2,3-4H3. The van der Waals surface area contributed by atoms with E-state index in [2.05, 4.69) is 13.2 Å². The molecule has 0 saturated carbocycles. The van der Waals surface area contributed by atoms with Crippen LogP contribution >= 0.6 is 0 Å². The third-order valence-corrected chi connectivity index (χ3v) is 6.62. The van der Waals surface area contributed by atoms with Crippen LogP contribution in [-0.4, -0.2) is 14.2 Å². The molecule has 0 heterocycles. The van der Waals surface area contributed by atoms with Crippen LogP contribution in [0.2, 0.25) is 0 Å². The molecule has 0 atom stereocenters. The Morgan fingerprint density at radius 3 is 1.27 bits per heavy atom. The molecule has 0 amide bonds. The largest absolute Gasteiger partial charge is 0.493 e. The molecule has 0 fully saturated rings. The van der Waals surface area contributed by atoms with Gasteiger partial charge in [0, 0.05) is 11.1 Å². The number of hydrogen-bond donors (Lipinski definition) is 0. The number of nitrogens with zero attached hydrogens (tertiary/aromatic N) is 4. The van der Waals surface area contributed by atoms with Crippen molar-refractivity contribution in [1.29, 1.82) is 21.0 Å². The topological polar surface area (TPSA) is 132 Å². The SMILES string of the molecule is C=CCc1cc(OC)c(Oc2ccc(C#N)c(C#N)c2)c(-c2cc(CC=C)cc(OC)c2Oc2ccc(C#N)c(C#N)c2)c1. The van der Waals surface area contributed by atoms with E-state index in [4.69, 9.17) is 18.9 Å². The predicted molar refractivity (Wildman–Crippen MR) is 165 cm³/mol. The van der Waals surface area contributed by atoms with Crippen LogP contribution < -0.4 is 18.9 Å². The van der Waals surface area contributed by atoms with E-state index in [0.717, 1.165) is 11.1 Å². The van der Waals surface area contributed by atoms with Crippen LogP contribution in [0.5, 0.6) is 34.5 Å². The van der Waals surface area contributed by atoms with Crippen LogP contribution in [0.3, 0.4) is 0 Å². The predicted octanol–water partition coefficient (Wildman–Crippen LogP) is 7.90. The van der Waals surface area contributed by atoms with Crippen molar-refractivity contribution in [2.24, 2.45) is 0 Å². The number of hydrogen-bond acceptors (Lipinski definition) is 8. The van der Waals surface area contributed by atoms with Gasteiger partial charge in [0.25, 0.3) is 0 Å². The molecule has 8 nitrogen and oxygen atoms in total. The van der Waals surface area contributed by atoms with Crippen molar-refractivity contribution in [2.45, 2.75) is 12.8 Å². The molecule has 8 heteroatoms. The Bertz CT molecular complexity index is 1790. The van der Waals surface area contributed by atoms with Crippen LogP contribution in [0, 0.1) is 45.3 Å². The summed E-state index contributed by atoms with van der Waals surface area (Å²) in [5.74, 6) is 2.11. The van der Waals surface area contributed by atoms with Crippen LogP contribution in [0.15, 0.2) is 86.0 Å². The molecule has 0 radical (unpaired) electrons. The molecule has 4 rings (SSSR count). The number of nitriles is 4. The van der Waals surface area contributed by atoms with Crippen LogP contribution in [0.25, 0.3) is 11.1 Å². The summed E-state index contributed by atoms with van der Waals surface area (Å²) in [6.45, 7) is 7.75. The quantitative estimate of drug-likeness (QED) is 0.164. The van der Waals surface area contributed by atoms with Gasteiger partial charge in [0.1, 0.15) is 35.8 Å². The second kappa shape index (κ2) is 13.9. The number of rotatable bonds is 11. The Balaban J connectivity index is 2.02. The summed E-state index contributed by atoms with van der Waals surface area (Å²) >= 11 is 0. The molecule has 4 aromatic rings. The molecule has 0 N–H and O–H groups in total. The highest BCUT2D eigenvalue weighted by Gasteiger charge is 2.23. The average molecular weight is 579 g/mol. The van der Waals surface area contributed by atoms with Crippen LogP contribution in [0.4, 0.5) is 0 Å². The molecule has 0 saturated heterocycles. The van der Waals surface area contributed by atoms with E-state index in [0.29, 0.717) is 58.5 Å². The highest BCUT2D eigenvalue weighted by molar-refractivity contribution is 5.83. The molecular weight excluding hydrogens is 552 g/mol. The summed E-state index contributed by atoms with van der Waals surface area (Å²) in [6.07, 6.45) is 4.59. The van der Waals surface area contributed by atoms with Crippen molar-refractivity contribution in [1.82, 2.24) is 0 Å². The average Bonchev–Trinajstić information content (AvgIpc) is 3.05. The van der Waals surface area contributed by atoms with Gasteiger partial charge in [-0.05, 0) is 84.6 Å². The third-order valence-electron chi connectivity index (χ3n) is 6.62. The van der Waals surface area contributed by atoms with Crippen molar-refractivity contribution in [2.75, 3.05) is 14.2 Å². The van der Waals surface area contributed by atoms with Crippen molar-refractivity contribution in [3.63, 3.8) is 0 Å². The van der Waals surface area contributed by atoms with E-state index < -0.39 is 0 Å². The highest BCUT2D eigenvalue weighted by Crippen LogP contribution is 2.49. The first-order valence-corrected chi connectivity index (χ1v) is 13.3. The Hall–Kier alpha value is -6.48.